The summed E-state index contributed by atoms with van der Waals surface area (Å²) in [6.07, 6.45) is 6.01. The molecule has 6 heteroatoms. The molecule has 2 saturated heterocycles. The molecular weight excluding hydrogens is 352 g/mol. The van der Waals surface area contributed by atoms with E-state index in [1.807, 2.05) is 19.1 Å². The standard InChI is InChI=1S/C22H30N4O2/c1-15-5-3-7-18-20(15)23-13-19(21(18)27)22(28)24-16-6-4-10-26(14-16)17-8-11-25(2)12-9-17/h3,5,7,13,16-17H,4,6,8-12,14H2,1-2H3,(H,23,27)(H,24,28)/t16-/m0/s1. The number of aromatic nitrogens is 1. The number of carbonyl (C=O) groups excluding carboxylic acids is 1. The third-order valence-electron chi connectivity index (χ3n) is 6.36. The Morgan fingerprint density at radius 3 is 2.75 bits per heavy atom. The highest BCUT2D eigenvalue weighted by molar-refractivity contribution is 5.97. The largest absolute Gasteiger partial charge is 0.360 e. The normalized spacial score (nSPS) is 22.4. The number of pyridine rings is 1. The summed E-state index contributed by atoms with van der Waals surface area (Å²) in [7, 11) is 2.18. The molecule has 0 spiro atoms. The molecule has 150 valence electrons. The van der Waals surface area contributed by atoms with Crippen molar-refractivity contribution in [1.29, 1.82) is 0 Å². The lowest BCUT2D eigenvalue weighted by Crippen LogP contribution is -2.53. The second-order valence-corrected chi connectivity index (χ2v) is 8.37. The quantitative estimate of drug-likeness (QED) is 0.853. The molecule has 0 bridgehead atoms. The van der Waals surface area contributed by atoms with Gasteiger partial charge >= 0.3 is 0 Å². The summed E-state index contributed by atoms with van der Waals surface area (Å²) in [5, 5.41) is 3.70. The number of carbonyl (C=O) groups is 1. The van der Waals surface area contributed by atoms with Crippen molar-refractivity contribution in [2.45, 2.75) is 44.7 Å². The first-order valence-corrected chi connectivity index (χ1v) is 10.4. The van der Waals surface area contributed by atoms with Gasteiger partial charge in [0.15, 0.2) is 0 Å². The Labute approximate surface area is 165 Å². The number of hydrogen-bond donors (Lipinski definition) is 2. The zero-order valence-corrected chi connectivity index (χ0v) is 16.8. The van der Waals surface area contributed by atoms with E-state index in [0.29, 0.717) is 11.4 Å². The van der Waals surface area contributed by atoms with Gasteiger partial charge in [-0.2, -0.15) is 0 Å². The molecule has 1 aromatic heterocycles. The van der Waals surface area contributed by atoms with Crippen LogP contribution in [-0.4, -0.2) is 66.0 Å². The highest BCUT2D eigenvalue weighted by Crippen LogP contribution is 2.21. The van der Waals surface area contributed by atoms with Gasteiger partial charge in [0.25, 0.3) is 5.91 Å². The van der Waals surface area contributed by atoms with Gasteiger partial charge in [-0.3, -0.25) is 14.5 Å². The van der Waals surface area contributed by atoms with Gasteiger partial charge < -0.3 is 15.2 Å². The zero-order chi connectivity index (χ0) is 19.7. The Hall–Kier alpha value is -2.18. The van der Waals surface area contributed by atoms with Crippen molar-refractivity contribution in [2.75, 3.05) is 33.2 Å². The minimum absolute atomic E-state index is 0.105. The van der Waals surface area contributed by atoms with E-state index < -0.39 is 0 Å². The number of piperidine rings is 2. The maximum Gasteiger partial charge on any atom is 0.257 e. The van der Waals surface area contributed by atoms with Crippen molar-refractivity contribution < 1.29 is 4.79 Å². The third kappa shape index (κ3) is 3.84. The SMILES string of the molecule is Cc1cccc2c(=O)c(C(=O)N[C@H]3CCCN(C4CCN(C)CC4)C3)c[nH]c12. The predicted octanol–water partition coefficient (Wildman–Crippen LogP) is 2.12. The molecule has 28 heavy (non-hydrogen) atoms. The molecule has 1 aromatic carbocycles. The van der Waals surface area contributed by atoms with Crippen LogP contribution in [0, 0.1) is 6.92 Å². The molecule has 3 heterocycles. The molecule has 4 rings (SSSR count). The molecular formula is C22H30N4O2. The van der Waals surface area contributed by atoms with E-state index in [4.69, 9.17) is 0 Å². The third-order valence-corrected chi connectivity index (χ3v) is 6.36. The molecule has 2 aromatic rings. The van der Waals surface area contributed by atoms with Crippen LogP contribution in [0.5, 0.6) is 0 Å². The maximum atomic E-state index is 12.8. The molecule has 1 amide bonds. The van der Waals surface area contributed by atoms with Crippen LogP contribution in [0.3, 0.4) is 0 Å². The van der Waals surface area contributed by atoms with E-state index >= 15 is 0 Å². The highest BCUT2D eigenvalue weighted by Gasteiger charge is 2.29. The number of aromatic amines is 1. The summed E-state index contributed by atoms with van der Waals surface area (Å²) in [5.41, 5.74) is 1.81. The summed E-state index contributed by atoms with van der Waals surface area (Å²) in [6, 6.07) is 6.31. The van der Waals surface area contributed by atoms with Crippen LogP contribution in [0.4, 0.5) is 0 Å². The molecule has 0 aliphatic carbocycles. The summed E-state index contributed by atoms with van der Waals surface area (Å²) in [5.74, 6) is -0.264. The molecule has 2 aliphatic rings. The predicted molar refractivity (Wildman–Crippen MR) is 112 cm³/mol. The lowest BCUT2D eigenvalue weighted by Gasteiger charge is -2.41. The molecule has 6 nitrogen and oxygen atoms in total. The van der Waals surface area contributed by atoms with Gasteiger partial charge in [0.2, 0.25) is 5.43 Å². The summed E-state index contributed by atoms with van der Waals surface area (Å²) in [6.45, 7) is 6.23. The van der Waals surface area contributed by atoms with E-state index in [0.717, 1.165) is 50.1 Å². The number of nitrogens with zero attached hydrogens (tertiary/aromatic N) is 2. The van der Waals surface area contributed by atoms with Crippen molar-refractivity contribution in [3.63, 3.8) is 0 Å². The van der Waals surface area contributed by atoms with Gasteiger partial charge in [0, 0.05) is 30.2 Å². The number of aryl methyl sites for hydroxylation is 1. The van der Waals surface area contributed by atoms with Gasteiger partial charge in [0.05, 0.1) is 5.52 Å². The number of fused-ring (bicyclic) bond motifs is 1. The van der Waals surface area contributed by atoms with Gasteiger partial charge in [-0.1, -0.05) is 12.1 Å². The van der Waals surface area contributed by atoms with Gasteiger partial charge in [-0.25, -0.2) is 0 Å². The number of likely N-dealkylation sites (tertiary alicyclic amines) is 2. The first kappa shape index (κ1) is 19.2. The Bertz CT molecular complexity index is 914. The van der Waals surface area contributed by atoms with Crippen molar-refractivity contribution >= 4 is 16.8 Å². The van der Waals surface area contributed by atoms with E-state index in [1.54, 1.807) is 12.3 Å². The number of amides is 1. The van der Waals surface area contributed by atoms with Crippen LogP contribution in [0.25, 0.3) is 10.9 Å². The number of H-pyrrole nitrogens is 1. The zero-order valence-electron chi connectivity index (χ0n) is 16.8. The van der Waals surface area contributed by atoms with Gasteiger partial charge in [0.1, 0.15) is 5.56 Å². The second-order valence-electron chi connectivity index (χ2n) is 8.37. The Kier molecular flexibility index (Phi) is 5.51. The first-order valence-electron chi connectivity index (χ1n) is 10.4. The van der Waals surface area contributed by atoms with Crippen LogP contribution in [0.1, 0.15) is 41.6 Å². The molecule has 0 unspecified atom stereocenters. The smallest absolute Gasteiger partial charge is 0.257 e. The number of benzene rings is 1. The average Bonchev–Trinajstić information content (AvgIpc) is 2.69. The number of para-hydroxylation sites is 1. The van der Waals surface area contributed by atoms with Crippen LogP contribution >= 0.6 is 0 Å². The van der Waals surface area contributed by atoms with Crippen molar-refractivity contribution in [2.24, 2.45) is 0 Å². The van der Waals surface area contributed by atoms with Crippen LogP contribution in [0.15, 0.2) is 29.2 Å². The summed E-state index contributed by atoms with van der Waals surface area (Å²) >= 11 is 0. The number of hydrogen-bond acceptors (Lipinski definition) is 4. The average molecular weight is 383 g/mol. The Balaban J connectivity index is 1.45. The molecule has 2 fully saturated rings. The minimum atomic E-state index is -0.264. The number of nitrogens with one attached hydrogen (secondary N) is 2. The van der Waals surface area contributed by atoms with E-state index in [2.05, 4.69) is 27.1 Å². The Morgan fingerprint density at radius 2 is 1.96 bits per heavy atom. The van der Waals surface area contributed by atoms with Crippen LogP contribution in [0.2, 0.25) is 0 Å². The maximum absolute atomic E-state index is 12.8. The fraction of sp³-hybridized carbons (Fsp3) is 0.545. The topological polar surface area (TPSA) is 68.4 Å². The van der Waals surface area contributed by atoms with Crippen LogP contribution in [-0.2, 0) is 0 Å². The number of rotatable bonds is 3. The van der Waals surface area contributed by atoms with Crippen molar-refractivity contribution in [1.82, 2.24) is 20.1 Å². The van der Waals surface area contributed by atoms with E-state index in [9.17, 15) is 9.59 Å². The minimum Gasteiger partial charge on any atom is -0.360 e. The monoisotopic (exact) mass is 382 g/mol. The fourth-order valence-electron chi connectivity index (χ4n) is 4.65. The second kappa shape index (κ2) is 8.05. The van der Waals surface area contributed by atoms with E-state index in [1.165, 1.54) is 12.8 Å². The Morgan fingerprint density at radius 1 is 1.18 bits per heavy atom. The first-order chi connectivity index (χ1) is 13.5. The molecule has 2 aliphatic heterocycles. The van der Waals surface area contributed by atoms with E-state index in [-0.39, 0.29) is 22.9 Å². The highest BCUT2D eigenvalue weighted by atomic mass is 16.2. The molecule has 1 atom stereocenters. The lowest BCUT2D eigenvalue weighted by molar-refractivity contribution is 0.0765. The molecule has 0 radical (unpaired) electrons. The van der Waals surface area contributed by atoms with Gasteiger partial charge in [-0.05, 0) is 70.9 Å². The summed E-state index contributed by atoms with van der Waals surface area (Å²) < 4.78 is 0. The molecule has 0 saturated carbocycles. The fourth-order valence-corrected chi connectivity index (χ4v) is 4.65. The molecule has 2 N–H and O–H groups in total. The van der Waals surface area contributed by atoms with Crippen molar-refractivity contribution in [3.05, 3.63) is 45.7 Å². The lowest BCUT2D eigenvalue weighted by atomic mass is 9.98. The van der Waals surface area contributed by atoms with Gasteiger partial charge in [-0.15, -0.1) is 0 Å². The van der Waals surface area contributed by atoms with Crippen LogP contribution < -0.4 is 10.7 Å². The summed E-state index contributed by atoms with van der Waals surface area (Å²) in [4.78, 5) is 33.7. The van der Waals surface area contributed by atoms with Crippen molar-refractivity contribution in [3.8, 4) is 0 Å².